The van der Waals surface area contributed by atoms with Crippen LogP contribution in [0.5, 0.6) is 0 Å². The van der Waals surface area contributed by atoms with E-state index in [0.717, 1.165) is 12.1 Å². The summed E-state index contributed by atoms with van der Waals surface area (Å²) in [7, 11) is -9.01. The van der Waals surface area contributed by atoms with Crippen molar-refractivity contribution in [2.75, 3.05) is 6.61 Å². The van der Waals surface area contributed by atoms with Crippen LogP contribution in [0, 0.1) is 11.2 Å². The van der Waals surface area contributed by atoms with Gasteiger partial charge in [0.1, 0.15) is 5.82 Å². The predicted molar refractivity (Wildman–Crippen MR) is 132 cm³/mol. The molecule has 5 nitrogen and oxygen atoms in total. The maximum atomic E-state index is 15.1. The number of ether oxygens (including phenoxy) is 1. The average molecular weight is 541 g/mol. The van der Waals surface area contributed by atoms with Gasteiger partial charge in [0.05, 0.1) is 6.42 Å². The quantitative estimate of drug-likeness (QED) is 0.275. The van der Waals surface area contributed by atoms with Gasteiger partial charge < -0.3 is 4.74 Å². The van der Waals surface area contributed by atoms with Gasteiger partial charge in [0.15, 0.2) is 6.61 Å². The summed E-state index contributed by atoms with van der Waals surface area (Å²) in [6.45, 7) is 3.44. The molecule has 0 N–H and O–H groups in total. The molecule has 0 aliphatic heterocycles. The zero-order valence-corrected chi connectivity index (χ0v) is 21.6. The second kappa shape index (κ2) is 10.7. The van der Waals surface area contributed by atoms with Gasteiger partial charge in [-0.3, -0.25) is 4.79 Å². The maximum absolute atomic E-state index is 15.1. The van der Waals surface area contributed by atoms with Crippen molar-refractivity contribution in [2.45, 2.75) is 47.1 Å². The Hall–Kier alpha value is -2.82. The zero-order valence-electron chi connectivity index (χ0n) is 20.0. The summed E-state index contributed by atoms with van der Waals surface area (Å²) in [5.41, 5.74) is -0.537. The lowest BCUT2D eigenvalue weighted by atomic mass is 9.93. The minimum Gasteiger partial charge on any atom is -0.458 e. The van der Waals surface area contributed by atoms with Crippen LogP contribution in [0.2, 0.25) is 0 Å². The fourth-order valence-corrected chi connectivity index (χ4v) is 8.32. The molecule has 0 aliphatic rings. The molecule has 3 aromatic carbocycles. The average Bonchev–Trinajstić information content (AvgIpc) is 2.82. The number of esters is 1. The molecule has 0 heterocycles. The Labute approximate surface area is 210 Å². The first-order valence-electron chi connectivity index (χ1n) is 11.0. The number of hydrogen-bond donors (Lipinski definition) is 0. The first-order chi connectivity index (χ1) is 16.8. The highest BCUT2D eigenvalue weighted by molar-refractivity contribution is 8.33. The van der Waals surface area contributed by atoms with E-state index in [2.05, 4.69) is 4.74 Å². The molecule has 194 valence electrons. The van der Waals surface area contributed by atoms with E-state index in [1.165, 1.54) is 12.1 Å². The number of benzene rings is 3. The van der Waals surface area contributed by atoms with Crippen LogP contribution in [0.1, 0.15) is 27.2 Å². The number of hydrogen-bond acceptors (Lipinski definition) is 5. The van der Waals surface area contributed by atoms with Crippen molar-refractivity contribution in [3.63, 3.8) is 0 Å². The van der Waals surface area contributed by atoms with Crippen molar-refractivity contribution >= 4 is 26.4 Å². The van der Waals surface area contributed by atoms with Gasteiger partial charge in [-0.05, 0) is 64.3 Å². The molecule has 0 aliphatic carbocycles. The molecule has 0 spiro atoms. The van der Waals surface area contributed by atoms with Gasteiger partial charge in [-0.15, -0.1) is 0 Å². The normalized spacial score (nSPS) is 13.3. The summed E-state index contributed by atoms with van der Waals surface area (Å²) in [6, 6.07) is 20.9. The molecule has 0 unspecified atom stereocenters. The largest absolute Gasteiger partial charge is 0.458 e. The van der Waals surface area contributed by atoms with Crippen molar-refractivity contribution in [2.24, 2.45) is 5.41 Å². The zero-order chi connectivity index (χ0) is 26.6. The van der Waals surface area contributed by atoms with Crippen molar-refractivity contribution in [3.05, 3.63) is 90.7 Å². The first kappa shape index (κ1) is 27.8. The molecule has 3 rings (SSSR count). The second-order valence-corrected chi connectivity index (χ2v) is 13.8. The Balaban J connectivity index is 2.11. The fraction of sp³-hybridized carbons (Fsp3) is 0.269. The van der Waals surface area contributed by atoms with Crippen molar-refractivity contribution in [1.82, 2.24) is 0 Å². The molecule has 0 atom stereocenters. The van der Waals surface area contributed by atoms with Crippen molar-refractivity contribution in [3.8, 4) is 0 Å². The number of rotatable bonds is 9. The molecular formula is C26H27F3O5S2. The second-order valence-electron chi connectivity index (χ2n) is 9.19. The molecule has 0 radical (unpaired) electrons. The molecule has 0 saturated heterocycles. The van der Waals surface area contributed by atoms with E-state index in [0.29, 0.717) is 9.79 Å². The van der Waals surface area contributed by atoms with Crippen LogP contribution in [0.15, 0.2) is 99.6 Å². The highest BCUT2D eigenvalue weighted by Gasteiger charge is 2.52. The van der Waals surface area contributed by atoms with E-state index < -0.39 is 49.5 Å². The molecular weight excluding hydrogens is 513 g/mol. The lowest BCUT2D eigenvalue weighted by molar-refractivity contribution is -0.151. The molecule has 0 bridgehead atoms. The standard InChI is InChI=1S/C26H27F3O5S2/c1-25(2,3)18-24(30)33-19-26(28,29)36(31,32)34-35(21-10-6-4-7-11-21,22-12-8-5-9-13-22)23-16-14-20(27)15-17-23/h4-17H,18-19H2,1-3H3. The summed E-state index contributed by atoms with van der Waals surface area (Å²) >= 11 is 0. The van der Waals surface area contributed by atoms with Crippen molar-refractivity contribution in [1.29, 1.82) is 0 Å². The topological polar surface area (TPSA) is 69.7 Å². The van der Waals surface area contributed by atoms with Crippen LogP contribution in [-0.4, -0.2) is 26.2 Å². The molecule has 0 amide bonds. The van der Waals surface area contributed by atoms with Gasteiger partial charge >= 0.3 is 21.3 Å². The minimum absolute atomic E-state index is 0.178. The third kappa shape index (κ3) is 6.29. The third-order valence-electron chi connectivity index (χ3n) is 4.93. The van der Waals surface area contributed by atoms with Gasteiger partial charge in [0, 0.05) is 14.7 Å². The van der Waals surface area contributed by atoms with Gasteiger partial charge in [0.25, 0.3) is 0 Å². The molecule has 36 heavy (non-hydrogen) atoms. The predicted octanol–water partition coefficient (Wildman–Crippen LogP) is 6.94. The smallest absolute Gasteiger partial charge is 0.403 e. The van der Waals surface area contributed by atoms with Crippen LogP contribution >= 0.6 is 10.3 Å². The highest BCUT2D eigenvalue weighted by atomic mass is 32.3. The summed E-state index contributed by atoms with van der Waals surface area (Å²) in [6.07, 6.45) is -0.178. The van der Waals surface area contributed by atoms with Crippen LogP contribution < -0.4 is 0 Å². The minimum atomic E-state index is -5.68. The Kier molecular flexibility index (Phi) is 8.22. The fourth-order valence-electron chi connectivity index (χ4n) is 3.28. The summed E-state index contributed by atoms with van der Waals surface area (Å²) < 4.78 is 80.4. The van der Waals surface area contributed by atoms with Crippen LogP contribution in [0.4, 0.5) is 13.2 Å². The summed E-state index contributed by atoms with van der Waals surface area (Å²) in [5, 5.41) is -4.55. The molecule has 0 aromatic heterocycles. The number of alkyl halides is 2. The van der Waals surface area contributed by atoms with Gasteiger partial charge in [-0.25, -0.2) is 8.02 Å². The summed E-state index contributed by atoms with van der Waals surface area (Å²) in [4.78, 5) is 12.8. The lowest BCUT2D eigenvalue weighted by Crippen LogP contribution is -2.37. The maximum Gasteiger partial charge on any atom is 0.403 e. The Morgan fingerprint density at radius 1 is 0.778 bits per heavy atom. The summed E-state index contributed by atoms with van der Waals surface area (Å²) in [5.74, 6) is -1.55. The Morgan fingerprint density at radius 2 is 1.22 bits per heavy atom. The van der Waals surface area contributed by atoms with Gasteiger partial charge in [-0.2, -0.15) is 17.2 Å². The molecule has 0 fully saturated rings. The Bertz CT molecular complexity index is 1240. The van der Waals surface area contributed by atoms with E-state index in [1.807, 2.05) is 0 Å². The third-order valence-corrected chi connectivity index (χ3v) is 10.1. The molecule has 3 aromatic rings. The SMILES string of the molecule is CC(C)(C)CC(=O)OCC(F)(F)S(=O)(=O)OS(c1ccccc1)(c1ccccc1)c1ccc(F)cc1. The number of carbonyl (C=O) groups is 1. The van der Waals surface area contributed by atoms with E-state index in [9.17, 15) is 17.6 Å². The first-order valence-corrected chi connectivity index (χ1v) is 13.9. The van der Waals surface area contributed by atoms with E-state index in [1.54, 1.807) is 81.4 Å². The van der Waals surface area contributed by atoms with Crippen LogP contribution in [-0.2, 0) is 23.3 Å². The van der Waals surface area contributed by atoms with E-state index in [4.69, 9.17) is 3.63 Å². The van der Waals surface area contributed by atoms with E-state index >= 15 is 8.78 Å². The number of halogens is 3. The van der Waals surface area contributed by atoms with Crippen LogP contribution in [0.25, 0.3) is 0 Å². The lowest BCUT2D eigenvalue weighted by Gasteiger charge is -2.40. The molecule has 0 saturated carbocycles. The Morgan fingerprint density at radius 3 is 1.67 bits per heavy atom. The van der Waals surface area contributed by atoms with E-state index in [-0.39, 0.29) is 11.3 Å². The van der Waals surface area contributed by atoms with Gasteiger partial charge in [-0.1, -0.05) is 57.2 Å². The highest BCUT2D eigenvalue weighted by Crippen LogP contribution is 2.70. The van der Waals surface area contributed by atoms with Crippen LogP contribution in [0.3, 0.4) is 0 Å². The molecule has 10 heteroatoms. The monoisotopic (exact) mass is 540 g/mol. The van der Waals surface area contributed by atoms with Gasteiger partial charge in [0.2, 0.25) is 0 Å². The number of carbonyl (C=O) groups excluding carboxylic acids is 1. The van der Waals surface area contributed by atoms with Crippen molar-refractivity contribution < 1.29 is 34.7 Å².